The molecule has 4 aromatic heterocycles. The first kappa shape index (κ1) is 30.8. The van der Waals surface area contributed by atoms with Crippen molar-refractivity contribution in [1.29, 1.82) is 0 Å². The first-order valence-electron chi connectivity index (χ1n) is 14.3. The molecule has 0 bridgehead atoms. The second-order valence-corrected chi connectivity index (χ2v) is 13.3. The fraction of sp³-hybridized carbons (Fsp3) is 0.211. The molecular formula is C38H34IrN2OS-2. The Balaban J connectivity index is 0.000000221. The van der Waals surface area contributed by atoms with Gasteiger partial charge in [0, 0.05) is 42.8 Å². The fourth-order valence-corrected chi connectivity index (χ4v) is 6.44. The molecule has 7 aromatic rings. The van der Waals surface area contributed by atoms with E-state index in [1.54, 1.807) is 0 Å². The molecule has 0 aliphatic heterocycles. The van der Waals surface area contributed by atoms with E-state index in [1.165, 1.54) is 31.7 Å². The predicted molar refractivity (Wildman–Crippen MR) is 177 cm³/mol. The Morgan fingerprint density at radius 2 is 1.58 bits per heavy atom. The number of hydrogen-bond acceptors (Lipinski definition) is 4. The molecule has 3 aromatic carbocycles. The van der Waals surface area contributed by atoms with E-state index in [2.05, 4.69) is 93.1 Å². The third kappa shape index (κ3) is 6.50. The van der Waals surface area contributed by atoms with Gasteiger partial charge in [0.25, 0.3) is 0 Å². The van der Waals surface area contributed by atoms with Crippen LogP contribution in [0.4, 0.5) is 0 Å². The second kappa shape index (κ2) is 12.5. The maximum Gasteiger partial charge on any atom is 0.138 e. The molecular weight excluding hydrogens is 725 g/mol. The average molecular weight is 759 g/mol. The molecule has 3 nitrogen and oxygen atoms in total. The van der Waals surface area contributed by atoms with Gasteiger partial charge in [0.05, 0.1) is 10.3 Å². The molecule has 219 valence electrons. The fourth-order valence-electron chi connectivity index (χ4n) is 5.30. The Hall–Kier alpha value is -3.63. The number of pyridine rings is 2. The van der Waals surface area contributed by atoms with Gasteiger partial charge >= 0.3 is 0 Å². The quantitative estimate of drug-likeness (QED) is 0.169. The number of nitrogens with zero attached hydrogens (tertiary/aromatic N) is 2. The van der Waals surface area contributed by atoms with Crippen molar-refractivity contribution in [2.75, 3.05) is 0 Å². The van der Waals surface area contributed by atoms with Crippen LogP contribution in [0, 0.1) is 38.3 Å². The van der Waals surface area contributed by atoms with E-state index >= 15 is 0 Å². The first-order chi connectivity index (χ1) is 20.2. The van der Waals surface area contributed by atoms with Crippen LogP contribution >= 0.6 is 11.3 Å². The van der Waals surface area contributed by atoms with Crippen LogP contribution in [0.5, 0.6) is 0 Å². The van der Waals surface area contributed by atoms with E-state index in [4.69, 9.17) is 4.42 Å². The molecule has 0 spiro atoms. The van der Waals surface area contributed by atoms with Gasteiger partial charge in [-0.2, -0.15) is 0 Å². The normalized spacial score (nSPS) is 11.4. The zero-order chi connectivity index (χ0) is 29.4. The summed E-state index contributed by atoms with van der Waals surface area (Å²) in [4.78, 5) is 10.3. The van der Waals surface area contributed by atoms with E-state index < -0.39 is 0 Å². The van der Waals surface area contributed by atoms with Gasteiger partial charge in [-0.05, 0) is 66.6 Å². The number of benzene rings is 3. The van der Waals surface area contributed by atoms with Gasteiger partial charge in [0.15, 0.2) is 0 Å². The Bertz CT molecular complexity index is 2020. The monoisotopic (exact) mass is 759 g/mol. The Morgan fingerprint density at radius 3 is 2.30 bits per heavy atom. The van der Waals surface area contributed by atoms with Crippen LogP contribution in [-0.2, 0) is 26.5 Å². The summed E-state index contributed by atoms with van der Waals surface area (Å²) >= 11 is 1.81. The summed E-state index contributed by atoms with van der Waals surface area (Å²) in [5, 5.41) is 3.58. The molecule has 1 radical (unpaired) electrons. The van der Waals surface area contributed by atoms with Crippen LogP contribution in [0.2, 0.25) is 0 Å². The van der Waals surface area contributed by atoms with E-state index in [1.807, 2.05) is 67.1 Å². The molecule has 0 atom stereocenters. The van der Waals surface area contributed by atoms with Gasteiger partial charge in [-0.1, -0.05) is 67.6 Å². The minimum Gasteiger partial charge on any atom is -0.499 e. The van der Waals surface area contributed by atoms with Crippen LogP contribution in [0.25, 0.3) is 54.5 Å². The van der Waals surface area contributed by atoms with Crippen molar-refractivity contribution in [1.82, 2.24) is 9.97 Å². The molecule has 0 aliphatic carbocycles. The van der Waals surface area contributed by atoms with E-state index in [-0.39, 0.29) is 25.5 Å². The van der Waals surface area contributed by atoms with Crippen molar-refractivity contribution in [2.24, 2.45) is 5.41 Å². The number of aryl methyl sites for hydroxylation is 3. The number of fused-ring (bicyclic) bond motifs is 5. The molecule has 0 saturated heterocycles. The summed E-state index contributed by atoms with van der Waals surface area (Å²) in [6.45, 7) is 13.2. The maximum atomic E-state index is 6.50. The molecule has 0 N–H and O–H groups in total. The molecule has 0 fully saturated rings. The molecule has 0 saturated carbocycles. The summed E-state index contributed by atoms with van der Waals surface area (Å²) < 4.78 is 7.73. The van der Waals surface area contributed by atoms with Crippen LogP contribution in [0.1, 0.15) is 42.3 Å². The zero-order valence-corrected chi connectivity index (χ0v) is 28.5. The van der Waals surface area contributed by atoms with Gasteiger partial charge in [-0.25, -0.2) is 0 Å². The molecule has 7 rings (SSSR count). The third-order valence-electron chi connectivity index (χ3n) is 7.45. The Kier molecular flexibility index (Phi) is 8.99. The number of thiophene rings is 1. The van der Waals surface area contributed by atoms with Crippen molar-refractivity contribution in [3.63, 3.8) is 0 Å². The minimum atomic E-state index is 0. The molecule has 0 aliphatic rings. The standard InChI is InChI=1S/C26H24NOS.C12H10N.Ir/c1-15-16(2)29-25-18(15)9-10-20-19-7-6-8-21(23(19)28-24(20)25)22-13-17(11-12-27-22)14-26(3,4)5;1-10-7-8-12(13-9-10)11-5-3-2-4-6-11;/h6-7,9-13H,14H2,1-5H3;2-5,7-9H,1H3;/q2*-1;. The number of aromatic nitrogens is 2. The van der Waals surface area contributed by atoms with Gasteiger partial charge in [-0.15, -0.1) is 65.4 Å². The Labute approximate surface area is 271 Å². The van der Waals surface area contributed by atoms with Crippen LogP contribution in [0.3, 0.4) is 0 Å². The van der Waals surface area contributed by atoms with Gasteiger partial charge in [-0.3, -0.25) is 0 Å². The largest absolute Gasteiger partial charge is 0.499 e. The maximum absolute atomic E-state index is 6.50. The third-order valence-corrected chi connectivity index (χ3v) is 8.68. The molecule has 4 heterocycles. The summed E-state index contributed by atoms with van der Waals surface area (Å²) in [7, 11) is 0. The number of rotatable bonds is 3. The number of hydrogen-bond donors (Lipinski definition) is 0. The van der Waals surface area contributed by atoms with Crippen molar-refractivity contribution >= 4 is 43.4 Å². The van der Waals surface area contributed by atoms with Gasteiger partial charge in [0.2, 0.25) is 0 Å². The second-order valence-electron chi connectivity index (χ2n) is 12.1. The topological polar surface area (TPSA) is 38.9 Å². The van der Waals surface area contributed by atoms with Crippen molar-refractivity contribution < 1.29 is 24.5 Å². The number of furan rings is 1. The first-order valence-corrected chi connectivity index (χ1v) is 15.1. The minimum absolute atomic E-state index is 0. The molecule has 0 amide bonds. The molecule has 43 heavy (non-hydrogen) atoms. The predicted octanol–water partition coefficient (Wildman–Crippen LogP) is 10.7. The Morgan fingerprint density at radius 1 is 0.791 bits per heavy atom. The summed E-state index contributed by atoms with van der Waals surface area (Å²) in [6.07, 6.45) is 4.78. The average Bonchev–Trinajstić information content (AvgIpc) is 3.50. The van der Waals surface area contributed by atoms with Crippen LogP contribution < -0.4 is 0 Å². The van der Waals surface area contributed by atoms with E-state index in [0.29, 0.717) is 0 Å². The summed E-state index contributed by atoms with van der Waals surface area (Å²) in [5.41, 5.74) is 9.78. The van der Waals surface area contributed by atoms with E-state index in [9.17, 15) is 0 Å². The molecule has 0 unspecified atom stereocenters. The van der Waals surface area contributed by atoms with Crippen LogP contribution in [-0.4, -0.2) is 9.97 Å². The van der Waals surface area contributed by atoms with Gasteiger partial charge in [0.1, 0.15) is 5.58 Å². The van der Waals surface area contributed by atoms with Crippen molar-refractivity contribution in [3.05, 3.63) is 119 Å². The summed E-state index contributed by atoms with van der Waals surface area (Å²) in [6, 6.07) is 31.3. The van der Waals surface area contributed by atoms with Crippen molar-refractivity contribution in [3.8, 4) is 22.5 Å². The molecule has 5 heteroatoms. The van der Waals surface area contributed by atoms with Gasteiger partial charge < -0.3 is 14.4 Å². The smallest absolute Gasteiger partial charge is 0.138 e. The van der Waals surface area contributed by atoms with Crippen LogP contribution in [0.15, 0.2) is 89.6 Å². The van der Waals surface area contributed by atoms with Crippen molar-refractivity contribution in [2.45, 2.75) is 48.0 Å². The van der Waals surface area contributed by atoms with E-state index in [0.717, 1.165) is 50.9 Å². The zero-order valence-electron chi connectivity index (χ0n) is 25.3. The SMILES string of the molecule is Cc1ccc(-c2[c-]cccc2)nc1.Cc1sc2c(ccc3c4cc[c-]c(-c5cc(CC(C)(C)C)ccn5)c4oc32)c1C.[Ir]. The summed E-state index contributed by atoms with van der Waals surface area (Å²) in [5.74, 6) is 0.